The van der Waals surface area contributed by atoms with Crippen molar-refractivity contribution in [3.8, 4) is 0 Å². The molecule has 0 fully saturated rings. The Balaban J connectivity index is 1.85. The van der Waals surface area contributed by atoms with Crippen molar-refractivity contribution in [3.05, 3.63) is 75.8 Å². The van der Waals surface area contributed by atoms with Crippen LogP contribution in [0.25, 0.3) is 10.9 Å². The molecule has 0 amide bonds. The van der Waals surface area contributed by atoms with Gasteiger partial charge in [-0.2, -0.15) is 0 Å². The zero-order chi connectivity index (χ0) is 22.4. The molecule has 0 aliphatic carbocycles. The second kappa shape index (κ2) is 10.5. The maximum Gasteiger partial charge on any atom is 0.253 e. The van der Waals surface area contributed by atoms with Crippen LogP contribution < -0.4 is 10.9 Å². The van der Waals surface area contributed by atoms with E-state index in [1.165, 1.54) is 12.1 Å². The van der Waals surface area contributed by atoms with Crippen LogP contribution in [-0.4, -0.2) is 46.1 Å². The summed E-state index contributed by atoms with van der Waals surface area (Å²) in [6.45, 7) is 10.0. The normalized spacial score (nSPS) is 11.1. The third-order valence-corrected chi connectivity index (χ3v) is 5.76. The molecule has 5 nitrogen and oxygen atoms in total. The van der Waals surface area contributed by atoms with Gasteiger partial charge in [-0.1, -0.05) is 25.5 Å². The van der Waals surface area contributed by atoms with Crippen molar-refractivity contribution in [2.75, 3.05) is 31.5 Å². The Kier molecular flexibility index (Phi) is 7.76. The van der Waals surface area contributed by atoms with Crippen molar-refractivity contribution >= 4 is 33.9 Å². The summed E-state index contributed by atoms with van der Waals surface area (Å²) in [6.07, 6.45) is 0. The monoisotopic (exact) mass is 440 g/mol. The molecule has 0 aliphatic heterocycles. The van der Waals surface area contributed by atoms with Crippen LogP contribution in [0.5, 0.6) is 0 Å². The Morgan fingerprint density at radius 1 is 1.06 bits per heavy atom. The van der Waals surface area contributed by atoms with E-state index >= 15 is 0 Å². The Morgan fingerprint density at radius 3 is 2.45 bits per heavy atom. The first kappa shape index (κ1) is 22.9. The maximum atomic E-state index is 13.2. The Labute approximate surface area is 187 Å². The van der Waals surface area contributed by atoms with Crippen molar-refractivity contribution in [2.45, 2.75) is 27.3 Å². The number of pyridine rings is 1. The highest BCUT2D eigenvalue weighted by Gasteiger charge is 2.15. The fourth-order valence-electron chi connectivity index (χ4n) is 3.48. The first-order chi connectivity index (χ1) is 14.9. The topological polar surface area (TPSA) is 51.4 Å². The number of benzene rings is 2. The van der Waals surface area contributed by atoms with Crippen LogP contribution in [0.2, 0.25) is 0 Å². The molecule has 0 aliphatic rings. The number of halogens is 1. The molecule has 3 aromatic rings. The molecule has 0 saturated carbocycles. The van der Waals surface area contributed by atoms with Gasteiger partial charge in [0.25, 0.3) is 5.56 Å². The minimum absolute atomic E-state index is 0.117. The number of aromatic amines is 1. The van der Waals surface area contributed by atoms with Gasteiger partial charge in [0.05, 0.1) is 6.54 Å². The Bertz CT molecular complexity index is 1090. The molecular weight excluding hydrogens is 411 g/mol. The smallest absolute Gasteiger partial charge is 0.253 e. The van der Waals surface area contributed by atoms with Crippen LogP contribution in [0.3, 0.4) is 0 Å². The molecule has 3 rings (SSSR count). The number of aromatic nitrogens is 1. The van der Waals surface area contributed by atoms with Crippen molar-refractivity contribution in [1.29, 1.82) is 0 Å². The summed E-state index contributed by atoms with van der Waals surface area (Å²) in [6, 6.07) is 14.0. The standard InChI is InChI=1S/C24H29FN4OS/c1-4-28(5-2)12-13-29(24(31)26-21-9-7-20(25)8-10-21)16-19-15-18-14-17(3)6-11-22(18)27-23(19)30/h6-11,14-15H,4-5,12-13,16H2,1-3H3,(H,26,31)(H,27,30). The zero-order valence-electron chi connectivity index (χ0n) is 18.2. The average molecular weight is 441 g/mol. The van der Waals surface area contributed by atoms with Crippen LogP contribution in [0.1, 0.15) is 25.0 Å². The summed E-state index contributed by atoms with van der Waals surface area (Å²) < 4.78 is 13.2. The van der Waals surface area contributed by atoms with Gasteiger partial charge >= 0.3 is 0 Å². The molecule has 0 bridgehead atoms. The van der Waals surface area contributed by atoms with Crippen molar-refractivity contribution in [2.24, 2.45) is 0 Å². The molecule has 31 heavy (non-hydrogen) atoms. The molecule has 1 aromatic heterocycles. The highest BCUT2D eigenvalue weighted by molar-refractivity contribution is 7.80. The number of nitrogens with zero attached hydrogens (tertiary/aromatic N) is 2. The number of rotatable bonds is 8. The molecule has 0 radical (unpaired) electrons. The van der Waals surface area contributed by atoms with Crippen LogP contribution in [-0.2, 0) is 6.54 Å². The average Bonchev–Trinajstić information content (AvgIpc) is 2.75. The highest BCUT2D eigenvalue weighted by Crippen LogP contribution is 2.15. The van der Waals surface area contributed by atoms with E-state index < -0.39 is 0 Å². The first-order valence-corrected chi connectivity index (χ1v) is 11.0. The molecule has 1 heterocycles. The van der Waals surface area contributed by atoms with Gasteiger partial charge in [-0.25, -0.2) is 4.39 Å². The van der Waals surface area contributed by atoms with Gasteiger partial charge in [0, 0.05) is 29.9 Å². The van der Waals surface area contributed by atoms with E-state index in [9.17, 15) is 9.18 Å². The molecule has 7 heteroatoms. The number of likely N-dealkylation sites (N-methyl/N-ethyl adjacent to an activating group) is 1. The number of nitrogens with one attached hydrogen (secondary N) is 2. The highest BCUT2D eigenvalue weighted by atomic mass is 32.1. The van der Waals surface area contributed by atoms with Crippen LogP contribution in [0.15, 0.2) is 53.3 Å². The fraction of sp³-hybridized carbons (Fsp3) is 0.333. The predicted molar refractivity (Wildman–Crippen MR) is 130 cm³/mol. The van der Waals surface area contributed by atoms with Gasteiger partial charge in [-0.3, -0.25) is 4.79 Å². The van der Waals surface area contributed by atoms with Crippen molar-refractivity contribution in [1.82, 2.24) is 14.8 Å². The largest absolute Gasteiger partial charge is 0.343 e. The maximum absolute atomic E-state index is 13.2. The molecule has 0 saturated heterocycles. The summed E-state index contributed by atoms with van der Waals surface area (Å²) in [5, 5.41) is 4.67. The fourth-order valence-corrected chi connectivity index (χ4v) is 3.76. The summed E-state index contributed by atoms with van der Waals surface area (Å²) in [7, 11) is 0. The van der Waals surface area contributed by atoms with Gasteiger partial charge in [0.1, 0.15) is 5.82 Å². The molecule has 0 atom stereocenters. The van der Waals surface area contributed by atoms with Gasteiger partial charge in [0.15, 0.2) is 5.11 Å². The summed E-state index contributed by atoms with van der Waals surface area (Å²) in [5.41, 5.74) is 3.20. The molecule has 2 N–H and O–H groups in total. The van der Waals surface area contributed by atoms with Gasteiger partial charge in [-0.15, -0.1) is 0 Å². The summed E-state index contributed by atoms with van der Waals surface area (Å²) >= 11 is 5.66. The molecular formula is C24H29FN4OS. The molecule has 2 aromatic carbocycles. The van der Waals surface area contributed by atoms with E-state index in [0.717, 1.165) is 36.1 Å². The summed E-state index contributed by atoms with van der Waals surface area (Å²) in [4.78, 5) is 20.0. The number of hydrogen-bond donors (Lipinski definition) is 2. The lowest BCUT2D eigenvalue weighted by atomic mass is 10.1. The molecule has 164 valence electrons. The second-order valence-corrected chi connectivity index (χ2v) is 7.99. The molecule has 0 unspecified atom stereocenters. The SMILES string of the molecule is CCN(CC)CCN(Cc1cc2cc(C)ccc2[nH]c1=O)C(=S)Nc1ccc(F)cc1. The van der Waals surface area contributed by atoms with Gasteiger partial charge < -0.3 is 20.1 Å². The van der Waals surface area contributed by atoms with E-state index in [1.807, 2.05) is 30.0 Å². The zero-order valence-corrected chi connectivity index (χ0v) is 19.1. The van der Waals surface area contributed by atoms with Gasteiger partial charge in [-0.05, 0) is 80.1 Å². The third kappa shape index (κ3) is 6.12. The van der Waals surface area contributed by atoms with E-state index in [2.05, 4.69) is 35.1 Å². The number of fused-ring (bicyclic) bond motifs is 1. The van der Waals surface area contributed by atoms with Crippen LogP contribution in [0, 0.1) is 12.7 Å². The minimum Gasteiger partial charge on any atom is -0.343 e. The summed E-state index contributed by atoms with van der Waals surface area (Å²) in [5.74, 6) is -0.298. The van der Waals surface area contributed by atoms with Gasteiger partial charge in [0.2, 0.25) is 0 Å². The number of thiocarbonyl (C=S) groups is 1. The van der Waals surface area contributed by atoms with E-state index in [1.54, 1.807) is 12.1 Å². The van der Waals surface area contributed by atoms with Crippen LogP contribution >= 0.6 is 12.2 Å². The lowest BCUT2D eigenvalue weighted by Crippen LogP contribution is -2.41. The Morgan fingerprint density at radius 2 is 1.77 bits per heavy atom. The van der Waals surface area contributed by atoms with Crippen LogP contribution in [0.4, 0.5) is 10.1 Å². The number of anilines is 1. The third-order valence-electron chi connectivity index (χ3n) is 5.40. The van der Waals surface area contributed by atoms with E-state index in [0.29, 0.717) is 29.5 Å². The first-order valence-electron chi connectivity index (χ1n) is 10.6. The number of aryl methyl sites for hydroxylation is 1. The lowest BCUT2D eigenvalue weighted by molar-refractivity contribution is 0.266. The number of H-pyrrole nitrogens is 1. The minimum atomic E-state index is -0.298. The van der Waals surface area contributed by atoms with Crippen molar-refractivity contribution in [3.63, 3.8) is 0 Å². The van der Waals surface area contributed by atoms with Crippen molar-refractivity contribution < 1.29 is 4.39 Å². The number of hydrogen-bond acceptors (Lipinski definition) is 3. The quantitative estimate of drug-likeness (QED) is 0.505. The Hall–Kier alpha value is -2.77. The predicted octanol–water partition coefficient (Wildman–Crippen LogP) is 4.52. The van der Waals surface area contributed by atoms with E-state index in [4.69, 9.17) is 12.2 Å². The lowest BCUT2D eigenvalue weighted by Gasteiger charge is -2.29. The second-order valence-electron chi connectivity index (χ2n) is 7.60. The van der Waals surface area contributed by atoms with E-state index in [-0.39, 0.29) is 11.4 Å². The molecule has 0 spiro atoms.